The average Bonchev–Trinajstić information content (AvgIpc) is 4.08. The highest BCUT2D eigenvalue weighted by molar-refractivity contribution is 7.13. The molecule has 5 aromatic rings. The van der Waals surface area contributed by atoms with Crippen molar-refractivity contribution in [3.63, 3.8) is 0 Å². The number of hydrogen-bond donors (Lipinski definition) is 7. The first-order chi connectivity index (χ1) is 31.4. The molecule has 352 valence electrons. The number of aliphatic hydroxyl groups excluding tert-OH is 1. The van der Waals surface area contributed by atoms with Crippen LogP contribution in [0.25, 0.3) is 21.3 Å². The van der Waals surface area contributed by atoms with Gasteiger partial charge in [-0.15, -0.1) is 11.3 Å². The van der Waals surface area contributed by atoms with Crippen LogP contribution in [0.1, 0.15) is 86.6 Å². The van der Waals surface area contributed by atoms with Gasteiger partial charge in [0.25, 0.3) is 17.6 Å². The van der Waals surface area contributed by atoms with E-state index in [1.807, 2.05) is 57.5 Å². The number of halogens is 2. The highest BCUT2D eigenvalue weighted by Gasteiger charge is 2.45. The number of aryl methyl sites for hydroxylation is 1. The molecule has 2 fully saturated rings. The first-order valence-electron chi connectivity index (χ1n) is 22.0. The van der Waals surface area contributed by atoms with Crippen molar-refractivity contribution in [2.24, 2.45) is 5.41 Å². The van der Waals surface area contributed by atoms with Crippen LogP contribution in [0, 0.1) is 24.0 Å². The van der Waals surface area contributed by atoms with Crippen LogP contribution in [0.15, 0.2) is 72.2 Å². The topological polar surface area (TPSA) is 210 Å². The molecule has 16 nitrogen and oxygen atoms in total. The van der Waals surface area contributed by atoms with Gasteiger partial charge in [-0.1, -0.05) is 51.5 Å². The van der Waals surface area contributed by atoms with Crippen LogP contribution in [0.2, 0.25) is 0 Å². The molecule has 4 heterocycles. The van der Waals surface area contributed by atoms with E-state index in [9.17, 15) is 38.2 Å². The summed E-state index contributed by atoms with van der Waals surface area (Å²) in [5, 5.41) is 36.3. The van der Waals surface area contributed by atoms with E-state index in [4.69, 9.17) is 9.68 Å². The molecule has 2 unspecified atom stereocenters. The molecule has 3 aromatic carbocycles. The van der Waals surface area contributed by atoms with Gasteiger partial charge in [0, 0.05) is 61.3 Å². The summed E-state index contributed by atoms with van der Waals surface area (Å²) < 4.78 is 27.1. The lowest BCUT2D eigenvalue weighted by Gasteiger charge is -2.35. The molecular formula is C47H56F2N8O8S. The van der Waals surface area contributed by atoms with E-state index < -0.39 is 47.1 Å². The Labute approximate surface area is 385 Å². The van der Waals surface area contributed by atoms with E-state index in [2.05, 4.69) is 31.2 Å². The van der Waals surface area contributed by atoms with Gasteiger partial charge >= 0.3 is 0 Å². The highest BCUT2D eigenvalue weighted by Crippen LogP contribution is 2.32. The van der Waals surface area contributed by atoms with Gasteiger partial charge in [-0.25, -0.2) is 18.6 Å². The molecule has 0 aliphatic carbocycles. The van der Waals surface area contributed by atoms with Gasteiger partial charge in [-0.2, -0.15) is 5.06 Å². The molecule has 2 saturated heterocycles. The number of carbonyl (C=O) groups excluding carboxylic acids is 4. The van der Waals surface area contributed by atoms with E-state index in [1.165, 1.54) is 10.1 Å². The molecule has 0 spiro atoms. The second-order valence-corrected chi connectivity index (χ2v) is 18.7. The molecule has 7 rings (SSSR count). The number of hydroxylamine groups is 3. The number of anilines is 1. The zero-order chi connectivity index (χ0) is 47.2. The Balaban J connectivity index is 0.818. The van der Waals surface area contributed by atoms with Crippen molar-refractivity contribution in [3.05, 3.63) is 106 Å². The molecule has 4 atom stereocenters. The lowest BCUT2D eigenvalue weighted by molar-refractivity contribution is -0.239. The second-order valence-electron chi connectivity index (χ2n) is 17.8. The van der Waals surface area contributed by atoms with Crippen molar-refractivity contribution in [3.8, 4) is 10.4 Å². The van der Waals surface area contributed by atoms with Crippen molar-refractivity contribution in [1.29, 1.82) is 0 Å². The number of unbranched alkanes of at least 4 members (excludes halogenated alkanes) is 2. The molecule has 66 heavy (non-hydrogen) atoms. The van der Waals surface area contributed by atoms with E-state index >= 15 is 0 Å². The summed E-state index contributed by atoms with van der Waals surface area (Å²) in [4.78, 5) is 72.7. The van der Waals surface area contributed by atoms with Gasteiger partial charge < -0.3 is 36.5 Å². The van der Waals surface area contributed by atoms with Gasteiger partial charge in [0.15, 0.2) is 6.23 Å². The highest BCUT2D eigenvalue weighted by atomic mass is 32.1. The third-order valence-electron chi connectivity index (χ3n) is 11.4. The Morgan fingerprint density at radius 1 is 0.970 bits per heavy atom. The van der Waals surface area contributed by atoms with Gasteiger partial charge in [0.2, 0.25) is 11.8 Å². The fraction of sp³-hybridized carbons (Fsp3) is 0.426. The molecule has 0 radical (unpaired) electrons. The number of rotatable bonds is 18. The number of β-amino-alcohol motifs (C(OH)–C–C–N with tert-alkyl or cyclic N) is 1. The quantitative estimate of drug-likeness (QED) is 0.0432. The SMILES string of the molecule is Cc1ncsc1-c1ccc(CNC(=O)[C@@H]2C[C@@H](O)CN2OC(NC(=O)CCCCCNC(=O)c2cc3cc(N4CCC(O)(C(=O)NCc5cc(F)cc(F)c5)O4)ccc3[nH]2)C(C)(C)C)cc1. The van der Waals surface area contributed by atoms with Crippen LogP contribution >= 0.6 is 11.3 Å². The number of aliphatic hydroxyl groups is 2. The predicted octanol–water partition coefficient (Wildman–Crippen LogP) is 5.49. The first-order valence-corrected chi connectivity index (χ1v) is 22.8. The second kappa shape index (κ2) is 20.8. The smallest absolute Gasteiger partial charge is 0.282 e. The normalized spacial score (nSPS) is 19.2. The molecule has 4 amide bonds. The maximum absolute atomic E-state index is 13.5. The predicted molar refractivity (Wildman–Crippen MR) is 243 cm³/mol. The van der Waals surface area contributed by atoms with Crippen molar-refractivity contribution in [1.82, 2.24) is 36.3 Å². The minimum atomic E-state index is -2.20. The Hall–Kier alpha value is -5.83. The summed E-state index contributed by atoms with van der Waals surface area (Å²) in [7, 11) is 0. The van der Waals surface area contributed by atoms with Crippen molar-refractivity contribution >= 4 is 51.6 Å². The Morgan fingerprint density at radius 2 is 1.71 bits per heavy atom. The number of benzene rings is 3. The minimum Gasteiger partial charge on any atom is -0.392 e. The molecule has 0 bridgehead atoms. The number of aromatic nitrogens is 2. The van der Waals surface area contributed by atoms with Crippen molar-refractivity contribution < 1.29 is 47.8 Å². The molecule has 7 N–H and O–H groups in total. The van der Waals surface area contributed by atoms with E-state index in [0.29, 0.717) is 54.6 Å². The molecule has 19 heteroatoms. The number of hydrogen-bond acceptors (Lipinski definition) is 12. The zero-order valence-corrected chi connectivity index (χ0v) is 38.1. The number of nitrogens with zero attached hydrogens (tertiary/aromatic N) is 3. The summed E-state index contributed by atoms with van der Waals surface area (Å²) in [5.41, 5.74) is 5.97. The summed E-state index contributed by atoms with van der Waals surface area (Å²) in [6.45, 7) is 8.48. The fourth-order valence-electron chi connectivity index (χ4n) is 7.73. The third-order valence-corrected chi connectivity index (χ3v) is 12.4. The average molecular weight is 931 g/mol. The summed E-state index contributed by atoms with van der Waals surface area (Å²) >= 11 is 1.58. The fourth-order valence-corrected chi connectivity index (χ4v) is 8.54. The minimum absolute atomic E-state index is 0.0644. The Morgan fingerprint density at radius 3 is 2.42 bits per heavy atom. The molecule has 2 aromatic heterocycles. The largest absolute Gasteiger partial charge is 0.392 e. The molecule has 0 saturated carbocycles. The van der Waals surface area contributed by atoms with Crippen LogP contribution < -0.4 is 26.3 Å². The monoisotopic (exact) mass is 930 g/mol. The van der Waals surface area contributed by atoms with Crippen LogP contribution in [-0.4, -0.2) is 92.7 Å². The lowest BCUT2D eigenvalue weighted by Crippen LogP contribution is -2.52. The number of fused-ring (bicyclic) bond motifs is 1. The Kier molecular flexibility index (Phi) is 15.1. The number of amides is 4. The molecular weight excluding hydrogens is 875 g/mol. The van der Waals surface area contributed by atoms with Crippen LogP contribution in [0.4, 0.5) is 14.5 Å². The number of H-pyrrole nitrogens is 1. The zero-order valence-electron chi connectivity index (χ0n) is 37.3. The maximum Gasteiger partial charge on any atom is 0.282 e. The number of nitrogens with one attached hydrogen (secondary N) is 5. The first kappa shape index (κ1) is 48.1. The van der Waals surface area contributed by atoms with Crippen LogP contribution in [0.5, 0.6) is 0 Å². The summed E-state index contributed by atoms with van der Waals surface area (Å²) in [5.74, 6) is -5.43. The third kappa shape index (κ3) is 12.1. The van der Waals surface area contributed by atoms with Crippen LogP contribution in [-0.2, 0) is 37.1 Å². The number of carbonyl (C=O) groups is 4. The van der Waals surface area contributed by atoms with E-state index in [1.54, 1.807) is 35.6 Å². The maximum atomic E-state index is 13.5. The van der Waals surface area contributed by atoms with Gasteiger partial charge in [0.05, 0.1) is 41.0 Å². The Bertz CT molecular complexity index is 2510. The van der Waals surface area contributed by atoms with E-state index in [0.717, 1.165) is 39.9 Å². The van der Waals surface area contributed by atoms with E-state index in [-0.39, 0.29) is 62.2 Å². The van der Waals surface area contributed by atoms with Crippen molar-refractivity contribution in [2.45, 2.75) is 103 Å². The molecule has 2 aliphatic rings. The van der Waals surface area contributed by atoms with Crippen LogP contribution in [0.3, 0.4) is 0 Å². The van der Waals surface area contributed by atoms with Gasteiger partial charge in [0.1, 0.15) is 23.4 Å². The number of thiazole rings is 1. The molecule has 2 aliphatic heterocycles. The lowest BCUT2D eigenvalue weighted by atomic mass is 9.94. The van der Waals surface area contributed by atoms with Gasteiger partial charge in [-0.3, -0.25) is 29.1 Å². The van der Waals surface area contributed by atoms with Gasteiger partial charge in [-0.05, 0) is 72.9 Å². The standard InChI is InChI=1S/C47H56F2N8O8S/c1-28-41(66-27-53-28)31-11-9-29(10-12-31)24-51-43(61)39-23-36(58)26-57(39)64-45(46(2,3)4)55-40(59)8-6-5-7-16-50-42(60)38-21-32-20-35(13-14-37(32)54-38)56-17-15-47(63,65-56)44(62)52-25-30-18-33(48)22-34(49)19-30/h9-14,18-22,27,36,39,45,54,58,63H,5-8,15-17,23-26H2,1-4H3,(H,50,60)(H,51,61)(H,52,62)(H,55,59)/t36-,39+,45?,47?/m1/s1. The number of aromatic amines is 1. The summed E-state index contributed by atoms with van der Waals surface area (Å²) in [6.07, 6.45) is 0.664. The summed E-state index contributed by atoms with van der Waals surface area (Å²) in [6, 6.07) is 17.0. The van der Waals surface area contributed by atoms with Crippen molar-refractivity contribution in [2.75, 3.05) is 24.7 Å².